The minimum atomic E-state index is -0.195. The third-order valence-electron chi connectivity index (χ3n) is 8.39. The average molecular weight is 681 g/mol. The van der Waals surface area contributed by atoms with Gasteiger partial charge in [0.15, 0.2) is 34.5 Å². The molecule has 0 heterocycles. The maximum atomic E-state index is 12.7. The molecule has 0 aliphatic heterocycles. The second-order valence-corrected chi connectivity index (χ2v) is 11.6. The van der Waals surface area contributed by atoms with Crippen LogP contribution in [0.3, 0.4) is 0 Å². The quantitative estimate of drug-likeness (QED) is 0.182. The lowest BCUT2D eigenvalue weighted by Crippen LogP contribution is -2.45. The van der Waals surface area contributed by atoms with Gasteiger partial charge < -0.3 is 44.2 Å². The van der Waals surface area contributed by atoms with Crippen molar-refractivity contribution in [3.05, 3.63) is 71.3 Å². The van der Waals surface area contributed by atoms with Gasteiger partial charge >= 0.3 is 0 Å². The zero-order valence-electron chi connectivity index (χ0n) is 29.1. The number of para-hydroxylation sites is 3. The molecule has 0 bridgehead atoms. The highest BCUT2D eigenvalue weighted by Crippen LogP contribution is 2.32. The monoisotopic (exact) mass is 680 g/mol. The van der Waals surface area contributed by atoms with Crippen molar-refractivity contribution in [1.29, 1.82) is 0 Å². The van der Waals surface area contributed by atoms with Crippen molar-refractivity contribution >= 4 is 17.7 Å². The summed E-state index contributed by atoms with van der Waals surface area (Å²) in [7, 11) is 4.37. The molecule has 0 fully saturated rings. The second kappa shape index (κ2) is 18.4. The Kier molecular flexibility index (Phi) is 14.4. The summed E-state index contributed by atoms with van der Waals surface area (Å²) in [6.07, 6.45) is 0. The van der Waals surface area contributed by atoms with Crippen molar-refractivity contribution in [2.45, 2.75) is 40.4 Å². The van der Waals surface area contributed by atoms with Gasteiger partial charge in [0.25, 0.3) is 0 Å². The van der Waals surface area contributed by atoms with Crippen molar-refractivity contribution in [3.8, 4) is 34.5 Å². The molecule has 0 radical (unpaired) electrons. The lowest BCUT2D eigenvalue weighted by Gasteiger charge is -2.32. The van der Waals surface area contributed by atoms with E-state index >= 15 is 0 Å². The van der Waals surface area contributed by atoms with Crippen LogP contribution in [-0.4, -0.2) is 113 Å². The second-order valence-electron chi connectivity index (χ2n) is 11.6. The number of carbonyl (C=O) groups is 3. The van der Waals surface area contributed by atoms with E-state index in [1.807, 2.05) is 4.90 Å². The Labute approximate surface area is 287 Å². The standard InChI is InChI=1S/C36H48N4O9/c1-25(41)38(22-28-10-7-13-31(47-4)34(28)44)19-16-37(17-20-39(26(2)42)23-29-11-8-14-32(48-5)35(29)45)18-21-40(27(3)43)24-30-12-9-15-33(49-6)36(30)46/h7-15,44-46H,16-24H2,1-6H3. The first kappa shape index (κ1) is 38.3. The van der Waals surface area contributed by atoms with Crippen molar-refractivity contribution in [1.82, 2.24) is 19.6 Å². The van der Waals surface area contributed by atoms with E-state index in [1.54, 1.807) is 69.3 Å². The molecule has 0 aliphatic rings. The number of aromatic hydroxyl groups is 3. The van der Waals surface area contributed by atoms with Crippen LogP contribution in [0.2, 0.25) is 0 Å². The third-order valence-corrected chi connectivity index (χ3v) is 8.39. The Balaban J connectivity index is 1.82. The summed E-state index contributed by atoms with van der Waals surface area (Å²) in [5.41, 5.74) is 1.59. The van der Waals surface area contributed by atoms with E-state index in [0.717, 1.165) is 0 Å². The van der Waals surface area contributed by atoms with Crippen LogP contribution < -0.4 is 14.2 Å². The number of hydrogen-bond donors (Lipinski definition) is 3. The van der Waals surface area contributed by atoms with Crippen LogP contribution in [0, 0.1) is 0 Å². The van der Waals surface area contributed by atoms with E-state index < -0.39 is 0 Å². The molecular formula is C36H48N4O9. The SMILES string of the molecule is COc1cccc(CN(CCN(CCN(Cc2cccc(OC)c2O)C(C)=O)CCN(Cc2cccc(OC)c2O)C(C)=O)C(C)=O)c1O. The zero-order valence-corrected chi connectivity index (χ0v) is 29.1. The number of hydrogen-bond acceptors (Lipinski definition) is 10. The van der Waals surface area contributed by atoms with Gasteiger partial charge in [-0.15, -0.1) is 0 Å². The first-order chi connectivity index (χ1) is 23.4. The fraction of sp³-hybridized carbons (Fsp3) is 0.417. The van der Waals surface area contributed by atoms with Gasteiger partial charge in [0.1, 0.15) is 0 Å². The number of phenols is 3. The smallest absolute Gasteiger partial charge is 0.219 e. The Bertz CT molecular complexity index is 1400. The van der Waals surface area contributed by atoms with E-state index in [-0.39, 0.29) is 54.6 Å². The molecule has 3 rings (SSSR count). The van der Waals surface area contributed by atoms with Gasteiger partial charge in [-0.2, -0.15) is 0 Å². The molecule has 3 amide bonds. The molecule has 13 heteroatoms. The summed E-state index contributed by atoms with van der Waals surface area (Å²) in [6, 6.07) is 15.3. The fourth-order valence-electron chi connectivity index (χ4n) is 5.36. The number of amides is 3. The van der Waals surface area contributed by atoms with Crippen LogP contribution in [0.1, 0.15) is 37.5 Å². The van der Waals surface area contributed by atoms with Gasteiger partial charge in [0.05, 0.1) is 21.3 Å². The maximum absolute atomic E-state index is 12.7. The molecule has 0 unspecified atom stereocenters. The van der Waals surface area contributed by atoms with E-state index in [9.17, 15) is 29.7 Å². The molecule has 49 heavy (non-hydrogen) atoms. The molecule has 13 nitrogen and oxygen atoms in total. The summed E-state index contributed by atoms with van der Waals surface area (Å²) in [6.45, 7) is 6.84. The molecule has 3 N–H and O–H groups in total. The Morgan fingerprint density at radius 1 is 0.490 bits per heavy atom. The first-order valence-corrected chi connectivity index (χ1v) is 15.9. The van der Waals surface area contributed by atoms with Crippen molar-refractivity contribution in [2.24, 2.45) is 0 Å². The van der Waals surface area contributed by atoms with Crippen LogP contribution in [0.15, 0.2) is 54.6 Å². The summed E-state index contributed by atoms with van der Waals surface area (Å²) in [5.74, 6) is 0.220. The first-order valence-electron chi connectivity index (χ1n) is 15.9. The van der Waals surface area contributed by atoms with E-state index in [2.05, 4.69) is 0 Å². The Morgan fingerprint density at radius 3 is 0.980 bits per heavy atom. The highest BCUT2D eigenvalue weighted by molar-refractivity contribution is 5.74. The summed E-state index contributed by atoms with van der Waals surface area (Å²) >= 11 is 0. The number of methoxy groups -OCH3 is 3. The van der Waals surface area contributed by atoms with Crippen molar-refractivity contribution in [3.63, 3.8) is 0 Å². The third kappa shape index (κ3) is 10.7. The normalized spacial score (nSPS) is 10.8. The number of ether oxygens (including phenoxy) is 3. The summed E-state index contributed by atoms with van der Waals surface area (Å²) < 4.78 is 15.7. The van der Waals surface area contributed by atoms with Crippen molar-refractivity contribution < 1.29 is 43.9 Å². The average Bonchev–Trinajstić information content (AvgIpc) is 3.07. The Hall–Kier alpha value is -5.17. The van der Waals surface area contributed by atoms with Gasteiger partial charge in [-0.25, -0.2) is 0 Å². The van der Waals surface area contributed by atoms with E-state index in [4.69, 9.17) is 14.2 Å². The lowest BCUT2D eigenvalue weighted by atomic mass is 10.1. The van der Waals surface area contributed by atoms with Crippen LogP contribution in [0.4, 0.5) is 0 Å². The fourth-order valence-corrected chi connectivity index (χ4v) is 5.36. The molecule has 0 aliphatic carbocycles. The predicted octanol–water partition coefficient (Wildman–Crippen LogP) is 3.58. The van der Waals surface area contributed by atoms with Crippen LogP contribution in [0.5, 0.6) is 34.5 Å². The molecule has 3 aromatic rings. The number of phenolic OH excluding ortho intramolecular Hbond substituents is 3. The molecule has 266 valence electrons. The number of benzene rings is 3. The molecule has 0 spiro atoms. The van der Waals surface area contributed by atoms with Gasteiger partial charge in [-0.3, -0.25) is 19.3 Å². The van der Waals surface area contributed by atoms with E-state index in [1.165, 1.54) is 42.1 Å². The topological polar surface area (TPSA) is 153 Å². The minimum absolute atomic E-state index is 0.0381. The number of carbonyl (C=O) groups excluding carboxylic acids is 3. The molecular weight excluding hydrogens is 632 g/mol. The predicted molar refractivity (Wildman–Crippen MR) is 184 cm³/mol. The van der Waals surface area contributed by atoms with Crippen LogP contribution >= 0.6 is 0 Å². The summed E-state index contributed by atoms with van der Waals surface area (Å²) in [5, 5.41) is 31.9. The maximum Gasteiger partial charge on any atom is 0.219 e. The van der Waals surface area contributed by atoms with Gasteiger partial charge in [0, 0.05) is 96.4 Å². The van der Waals surface area contributed by atoms with Crippen LogP contribution in [0.25, 0.3) is 0 Å². The molecule has 0 aromatic heterocycles. The highest BCUT2D eigenvalue weighted by Gasteiger charge is 2.21. The molecule has 3 aromatic carbocycles. The highest BCUT2D eigenvalue weighted by atomic mass is 16.5. The van der Waals surface area contributed by atoms with E-state index in [0.29, 0.717) is 73.2 Å². The largest absolute Gasteiger partial charge is 0.504 e. The van der Waals surface area contributed by atoms with Crippen molar-refractivity contribution in [2.75, 3.05) is 60.6 Å². The van der Waals surface area contributed by atoms with Gasteiger partial charge in [-0.05, 0) is 18.2 Å². The number of rotatable bonds is 18. The molecule has 0 atom stereocenters. The lowest BCUT2D eigenvalue weighted by molar-refractivity contribution is -0.129. The summed E-state index contributed by atoms with van der Waals surface area (Å²) in [4.78, 5) is 45.1. The molecule has 0 saturated heterocycles. The Morgan fingerprint density at radius 2 is 0.755 bits per heavy atom. The minimum Gasteiger partial charge on any atom is -0.504 e. The van der Waals surface area contributed by atoms with Gasteiger partial charge in [0.2, 0.25) is 17.7 Å². The number of nitrogens with zero attached hydrogens (tertiary/aromatic N) is 4. The van der Waals surface area contributed by atoms with Gasteiger partial charge in [-0.1, -0.05) is 36.4 Å². The molecule has 0 saturated carbocycles. The van der Waals surface area contributed by atoms with Crippen LogP contribution in [-0.2, 0) is 34.0 Å². The zero-order chi connectivity index (χ0) is 36.1.